The number of nitrogens with zero attached hydrogens (tertiary/aromatic N) is 2. The molecule has 4 aliphatic heterocycles. The zero-order valence-corrected chi connectivity index (χ0v) is 15.2. The van der Waals surface area contributed by atoms with Gasteiger partial charge in [0.05, 0.1) is 0 Å². The van der Waals surface area contributed by atoms with Crippen molar-refractivity contribution in [3.63, 3.8) is 0 Å². The lowest BCUT2D eigenvalue weighted by Crippen LogP contribution is -2.58. The fourth-order valence-corrected chi connectivity index (χ4v) is 6.74. The Kier molecular flexibility index (Phi) is 3.85. The molecule has 5 fully saturated rings. The van der Waals surface area contributed by atoms with E-state index in [-0.39, 0.29) is 0 Å². The molecule has 0 N–H and O–H groups in total. The molecule has 2 nitrogen and oxygen atoms in total. The lowest BCUT2D eigenvalue weighted by molar-refractivity contribution is -0.0235. The van der Waals surface area contributed by atoms with Gasteiger partial charge in [0.2, 0.25) is 0 Å². The monoisotopic (exact) mass is 304 g/mol. The number of hydrogen-bond donors (Lipinski definition) is 0. The van der Waals surface area contributed by atoms with Crippen LogP contribution in [0.1, 0.15) is 78.6 Å². The van der Waals surface area contributed by atoms with E-state index in [1.165, 1.54) is 57.8 Å². The smallest absolute Gasteiger partial charge is 0.0149 e. The third kappa shape index (κ3) is 2.45. The molecule has 0 amide bonds. The first-order chi connectivity index (χ1) is 10.4. The molecule has 4 saturated heterocycles. The summed E-state index contributed by atoms with van der Waals surface area (Å²) < 4.78 is 0. The van der Waals surface area contributed by atoms with Crippen LogP contribution in [0, 0.1) is 11.8 Å². The topological polar surface area (TPSA) is 6.48 Å². The number of piperidine rings is 1. The molecule has 0 aromatic carbocycles. The largest absolute Gasteiger partial charge is 0.300 e. The van der Waals surface area contributed by atoms with E-state index >= 15 is 0 Å². The highest BCUT2D eigenvalue weighted by molar-refractivity contribution is 5.04. The molecular weight excluding hydrogens is 268 g/mol. The van der Waals surface area contributed by atoms with Gasteiger partial charge in [0.15, 0.2) is 0 Å². The van der Waals surface area contributed by atoms with E-state index in [4.69, 9.17) is 0 Å². The third-order valence-electron chi connectivity index (χ3n) is 7.63. The molecule has 0 radical (unpaired) electrons. The van der Waals surface area contributed by atoms with Crippen molar-refractivity contribution in [2.75, 3.05) is 7.05 Å². The fraction of sp³-hybridized carbons (Fsp3) is 1.00. The van der Waals surface area contributed by atoms with Crippen molar-refractivity contribution in [3.8, 4) is 0 Å². The van der Waals surface area contributed by atoms with Crippen LogP contribution in [-0.2, 0) is 0 Å². The number of fused-ring (bicyclic) bond motifs is 6. The van der Waals surface area contributed by atoms with E-state index in [1.807, 2.05) is 0 Å². The van der Waals surface area contributed by atoms with E-state index in [0.29, 0.717) is 5.54 Å². The van der Waals surface area contributed by atoms with Gasteiger partial charge in [-0.15, -0.1) is 0 Å². The quantitative estimate of drug-likeness (QED) is 0.713. The maximum atomic E-state index is 3.01. The van der Waals surface area contributed by atoms with Gasteiger partial charge in [-0.1, -0.05) is 0 Å². The van der Waals surface area contributed by atoms with Crippen molar-refractivity contribution in [2.45, 2.75) is 108 Å². The summed E-state index contributed by atoms with van der Waals surface area (Å²) in [5.74, 6) is 1.96. The Morgan fingerprint density at radius 3 is 2.05 bits per heavy atom. The Bertz CT molecular complexity index is 404. The minimum atomic E-state index is 0.336. The molecular formula is C20H36N2. The Morgan fingerprint density at radius 1 is 0.727 bits per heavy atom. The predicted molar refractivity (Wildman–Crippen MR) is 93.0 cm³/mol. The highest BCUT2D eigenvalue weighted by Crippen LogP contribution is 2.48. The van der Waals surface area contributed by atoms with Crippen molar-refractivity contribution < 1.29 is 0 Å². The molecule has 4 bridgehead atoms. The van der Waals surface area contributed by atoms with Crippen LogP contribution in [0.15, 0.2) is 0 Å². The first-order valence-corrected chi connectivity index (χ1v) is 9.95. The molecule has 0 spiro atoms. The highest BCUT2D eigenvalue weighted by Gasteiger charge is 2.49. The number of hydrogen-bond acceptors (Lipinski definition) is 2. The van der Waals surface area contributed by atoms with Gasteiger partial charge in [0.25, 0.3) is 0 Å². The Labute approximate surface area is 137 Å². The first-order valence-electron chi connectivity index (χ1n) is 9.95. The number of rotatable bonds is 1. The molecule has 1 aliphatic carbocycles. The SMILES string of the molecule is CN1C2CCC(C3CC4CCC(CC4)N3C(C)(C)C)C1CC2. The van der Waals surface area contributed by atoms with E-state index < -0.39 is 0 Å². The van der Waals surface area contributed by atoms with E-state index in [1.54, 1.807) is 0 Å². The van der Waals surface area contributed by atoms with Crippen LogP contribution < -0.4 is 0 Å². The summed E-state index contributed by atoms with van der Waals surface area (Å²) in [4.78, 5) is 5.78. The average molecular weight is 305 g/mol. The standard InChI is InChI=1S/C20H36N2/c1-20(2,3)22-16-7-5-14(6-8-16)13-19(22)17-11-9-15-10-12-18(17)21(15)4/h14-19H,5-13H2,1-4H3. The van der Waals surface area contributed by atoms with Crippen LogP contribution in [0.2, 0.25) is 0 Å². The predicted octanol–water partition coefficient (Wildman–Crippen LogP) is 4.29. The van der Waals surface area contributed by atoms with Crippen molar-refractivity contribution in [1.82, 2.24) is 9.80 Å². The van der Waals surface area contributed by atoms with Crippen LogP contribution >= 0.6 is 0 Å². The van der Waals surface area contributed by atoms with Crippen LogP contribution in [0.5, 0.6) is 0 Å². The Balaban J connectivity index is 1.65. The minimum absolute atomic E-state index is 0.336. The molecule has 1 saturated carbocycles. The third-order valence-corrected chi connectivity index (χ3v) is 7.63. The molecule has 4 atom stereocenters. The summed E-state index contributed by atoms with van der Waals surface area (Å²) in [5.41, 5.74) is 0.336. The Morgan fingerprint density at radius 2 is 1.36 bits per heavy atom. The molecule has 4 unspecified atom stereocenters. The fourth-order valence-electron chi connectivity index (χ4n) is 6.74. The van der Waals surface area contributed by atoms with E-state index in [9.17, 15) is 0 Å². The van der Waals surface area contributed by atoms with Gasteiger partial charge < -0.3 is 4.90 Å². The zero-order valence-electron chi connectivity index (χ0n) is 15.2. The summed E-state index contributed by atoms with van der Waals surface area (Å²) >= 11 is 0. The maximum absolute atomic E-state index is 3.01. The second-order valence-electron chi connectivity index (χ2n) is 9.76. The normalized spacial score (nSPS) is 46.9. The van der Waals surface area contributed by atoms with E-state index in [2.05, 4.69) is 37.6 Å². The summed E-state index contributed by atoms with van der Waals surface area (Å²) in [6.45, 7) is 7.42. The molecule has 2 heteroatoms. The molecule has 0 aromatic rings. The molecule has 5 rings (SSSR count). The minimum Gasteiger partial charge on any atom is -0.300 e. The average Bonchev–Trinajstić information content (AvgIpc) is 2.69. The molecule has 0 aromatic heterocycles. The Hall–Kier alpha value is -0.0800. The van der Waals surface area contributed by atoms with E-state index in [0.717, 1.165) is 36.0 Å². The van der Waals surface area contributed by atoms with Gasteiger partial charge in [-0.25, -0.2) is 0 Å². The second-order valence-corrected chi connectivity index (χ2v) is 9.76. The van der Waals surface area contributed by atoms with Crippen LogP contribution in [0.3, 0.4) is 0 Å². The maximum Gasteiger partial charge on any atom is 0.0149 e. The van der Waals surface area contributed by atoms with Crippen LogP contribution in [0.25, 0.3) is 0 Å². The van der Waals surface area contributed by atoms with Gasteiger partial charge in [-0.3, -0.25) is 4.90 Å². The van der Waals surface area contributed by atoms with Crippen molar-refractivity contribution in [1.29, 1.82) is 0 Å². The van der Waals surface area contributed by atoms with Crippen molar-refractivity contribution >= 4 is 0 Å². The van der Waals surface area contributed by atoms with Gasteiger partial charge in [0, 0.05) is 29.7 Å². The summed E-state index contributed by atoms with van der Waals surface area (Å²) in [7, 11) is 2.42. The lowest BCUT2D eigenvalue weighted by Gasteiger charge is -2.51. The first kappa shape index (κ1) is 15.4. The zero-order chi connectivity index (χ0) is 15.5. The molecule has 5 aliphatic rings. The summed E-state index contributed by atoms with van der Waals surface area (Å²) in [6.07, 6.45) is 13.3. The summed E-state index contributed by atoms with van der Waals surface area (Å²) in [6, 6.07) is 3.51. The molecule has 126 valence electrons. The van der Waals surface area contributed by atoms with Crippen molar-refractivity contribution in [2.24, 2.45) is 11.8 Å². The van der Waals surface area contributed by atoms with Gasteiger partial charge >= 0.3 is 0 Å². The second kappa shape index (κ2) is 5.48. The highest BCUT2D eigenvalue weighted by atomic mass is 15.3. The lowest BCUT2D eigenvalue weighted by atomic mass is 9.78. The van der Waals surface area contributed by atoms with Gasteiger partial charge in [-0.05, 0) is 97.4 Å². The molecule has 4 heterocycles. The van der Waals surface area contributed by atoms with Crippen molar-refractivity contribution in [3.05, 3.63) is 0 Å². The molecule has 22 heavy (non-hydrogen) atoms. The van der Waals surface area contributed by atoms with Crippen LogP contribution in [-0.4, -0.2) is 46.6 Å². The van der Waals surface area contributed by atoms with Crippen LogP contribution in [0.4, 0.5) is 0 Å². The summed E-state index contributed by atoms with van der Waals surface area (Å²) in [5, 5.41) is 0. The van der Waals surface area contributed by atoms with Gasteiger partial charge in [0.1, 0.15) is 0 Å². The van der Waals surface area contributed by atoms with Gasteiger partial charge in [-0.2, -0.15) is 0 Å².